The second kappa shape index (κ2) is 17.3. The van der Waals surface area contributed by atoms with Crippen LogP contribution in [-0.2, 0) is 20.4 Å². The van der Waals surface area contributed by atoms with Crippen LogP contribution in [0, 0.1) is 11.8 Å². The van der Waals surface area contributed by atoms with Gasteiger partial charge in [0.05, 0.1) is 4.88 Å². The number of nitrogens with zero attached hydrogens (tertiary/aromatic N) is 2. The van der Waals surface area contributed by atoms with E-state index < -0.39 is 0 Å². The van der Waals surface area contributed by atoms with E-state index in [-0.39, 0.29) is 52.4 Å². The van der Waals surface area contributed by atoms with Gasteiger partial charge in [0.1, 0.15) is 0 Å². The molecule has 0 unspecified atom stereocenters. The third-order valence-corrected chi connectivity index (χ3v) is 14.6. The first-order valence-corrected chi connectivity index (χ1v) is 21.1. The molecule has 2 atom stereocenters. The van der Waals surface area contributed by atoms with E-state index in [9.17, 15) is 4.79 Å². The maximum absolute atomic E-state index is 13.1. The number of fused-ring (bicyclic) bond motifs is 8. The molecule has 4 aromatic rings. The summed E-state index contributed by atoms with van der Waals surface area (Å²) in [4.78, 5) is 35.3. The molecule has 7 nitrogen and oxygen atoms in total. The number of thiophene rings is 2. The molecule has 0 radical (unpaired) electrons. The number of nitrogens with two attached hydrogens (primary N) is 1. The highest BCUT2D eigenvalue weighted by Crippen LogP contribution is 2.41. The second-order valence-corrected chi connectivity index (χ2v) is 20.5. The van der Waals surface area contributed by atoms with E-state index in [2.05, 4.69) is 138 Å². The predicted octanol–water partition coefficient (Wildman–Crippen LogP) is 9.66. The summed E-state index contributed by atoms with van der Waals surface area (Å²) in [6, 6.07) is 17.9. The quantitative estimate of drug-likeness (QED) is 0.210. The van der Waals surface area contributed by atoms with Crippen LogP contribution in [0.4, 0.5) is 0 Å². The normalized spacial score (nSPS) is 26.1. The predicted molar refractivity (Wildman–Crippen MR) is 229 cm³/mol. The van der Waals surface area contributed by atoms with Crippen LogP contribution in [0.2, 0.25) is 0 Å². The highest BCUT2D eigenvalue weighted by atomic mass is 35.5. The number of rotatable bonds is 2. The molecule has 3 N–H and O–H groups in total. The summed E-state index contributed by atoms with van der Waals surface area (Å²) in [6.07, 6.45) is 5.30. The maximum Gasteiger partial charge on any atom is 0.373 e. The minimum Gasteiger partial charge on any atom is -0.346 e. The van der Waals surface area contributed by atoms with Crippen molar-refractivity contribution in [2.24, 2.45) is 17.6 Å². The smallest absolute Gasteiger partial charge is 0.346 e. The molecular weight excluding hydrogens is 732 g/mol. The standard InChI is InChI=1S/C22H30N2OS.C12H14S.C9H18N2.CO2.ClH/c1-21(2,3)16-8-6-7-15-13-17(26-18(15)16)20(25)23-19-14-9-11-24(12-10-14)22(19,4)5;1-12(2,3)10-6-4-5-9-7-8-13-11(9)10;1-9(2)8(10)7-3-5-11(9)6-4-7;2-1-3;/h6-8,13-14,19H,9-12H2,1-5H3,(H,23,25);4-8H,1-3H3;7-8H,3-6,10H2,1-2H3;;1H/t19-;;8-;;/m1.1../s1. The highest BCUT2D eigenvalue weighted by Gasteiger charge is 2.48. The summed E-state index contributed by atoms with van der Waals surface area (Å²) in [6.45, 7) is 27.5. The number of carbonyl (C=O) groups excluding carboxylic acids is 3. The molecule has 54 heavy (non-hydrogen) atoms. The average Bonchev–Trinajstić information content (AvgIpc) is 3.77. The monoisotopic (exact) mass is 794 g/mol. The van der Waals surface area contributed by atoms with E-state index in [1.807, 2.05) is 11.3 Å². The number of nitrogens with one attached hydrogen (secondary N) is 1. The zero-order valence-corrected chi connectivity index (χ0v) is 36.5. The average molecular weight is 796 g/mol. The lowest BCUT2D eigenvalue weighted by Gasteiger charge is -2.56. The molecule has 4 bridgehead atoms. The van der Waals surface area contributed by atoms with Crippen LogP contribution in [-0.4, -0.2) is 71.2 Å². The SMILES string of the molecule is CC(C)(C)c1cccc2cc(C(=O)N[C@@H]3C4CCN(CC4)C3(C)C)sc12.CC(C)(C)c1cccc2ccsc12.CC1(C)[C@H](N)C2CCN1CC2.Cl.O=C=O. The fraction of sp³-hybridized carbons (Fsp3) is 0.591. The molecule has 0 saturated carbocycles. The fourth-order valence-electron chi connectivity index (χ4n) is 9.06. The van der Waals surface area contributed by atoms with Crippen molar-refractivity contribution in [2.75, 3.05) is 26.2 Å². The largest absolute Gasteiger partial charge is 0.373 e. The molecule has 2 aromatic heterocycles. The van der Waals surface area contributed by atoms with Crippen molar-refractivity contribution in [3.8, 4) is 0 Å². The molecule has 6 aliphatic heterocycles. The van der Waals surface area contributed by atoms with Gasteiger partial charge >= 0.3 is 6.15 Å². The number of benzene rings is 2. The summed E-state index contributed by atoms with van der Waals surface area (Å²) in [5, 5.41) is 8.13. The summed E-state index contributed by atoms with van der Waals surface area (Å²) in [5.74, 6) is 1.51. The first-order chi connectivity index (χ1) is 24.8. The van der Waals surface area contributed by atoms with Gasteiger partial charge in [-0.05, 0) is 142 Å². The van der Waals surface area contributed by atoms with Gasteiger partial charge in [0.15, 0.2) is 0 Å². The van der Waals surface area contributed by atoms with Gasteiger partial charge < -0.3 is 11.1 Å². The molecule has 0 spiro atoms. The van der Waals surface area contributed by atoms with Crippen molar-refractivity contribution >= 4 is 67.3 Å². The summed E-state index contributed by atoms with van der Waals surface area (Å²) >= 11 is 3.48. The van der Waals surface area contributed by atoms with Gasteiger partial charge in [0.25, 0.3) is 5.91 Å². The maximum atomic E-state index is 13.1. The van der Waals surface area contributed by atoms with Crippen molar-refractivity contribution in [1.29, 1.82) is 0 Å². The first kappa shape index (κ1) is 44.1. The van der Waals surface area contributed by atoms with E-state index in [0.717, 1.165) is 10.8 Å². The highest BCUT2D eigenvalue weighted by molar-refractivity contribution is 7.21. The van der Waals surface area contributed by atoms with E-state index in [0.29, 0.717) is 12.0 Å². The molecule has 6 fully saturated rings. The number of hydrogen-bond acceptors (Lipinski definition) is 8. The molecule has 2 aromatic carbocycles. The van der Waals surface area contributed by atoms with Crippen molar-refractivity contribution < 1.29 is 14.4 Å². The second-order valence-electron chi connectivity index (χ2n) is 18.5. The molecule has 8 heterocycles. The Kier molecular flexibility index (Phi) is 14.1. The summed E-state index contributed by atoms with van der Waals surface area (Å²) < 4.78 is 2.69. The zero-order chi connectivity index (χ0) is 38.9. The molecule has 6 aliphatic rings. The van der Waals surface area contributed by atoms with Gasteiger partial charge in [-0.25, -0.2) is 0 Å². The summed E-state index contributed by atoms with van der Waals surface area (Å²) in [5.41, 5.74) is 9.58. The Labute approximate surface area is 337 Å². The van der Waals surface area contributed by atoms with Gasteiger partial charge in [-0.3, -0.25) is 14.6 Å². The fourth-order valence-corrected chi connectivity index (χ4v) is 11.5. The Hall–Kier alpha value is -2.62. The molecular formula is C44H63ClN4O3S2. The van der Waals surface area contributed by atoms with Crippen LogP contribution in [0.1, 0.15) is 116 Å². The van der Waals surface area contributed by atoms with Crippen LogP contribution >= 0.6 is 35.1 Å². The minimum atomic E-state index is 0. The van der Waals surface area contributed by atoms with Crippen molar-refractivity contribution in [3.63, 3.8) is 0 Å². The third-order valence-electron chi connectivity index (χ3n) is 12.4. The Morgan fingerprint density at radius 3 is 1.70 bits per heavy atom. The molecule has 0 aliphatic carbocycles. The lowest BCUT2D eigenvalue weighted by molar-refractivity contribution is -0.191. The van der Waals surface area contributed by atoms with Gasteiger partial charge in [-0.1, -0.05) is 77.9 Å². The number of piperidine rings is 6. The summed E-state index contributed by atoms with van der Waals surface area (Å²) in [7, 11) is 0. The zero-order valence-electron chi connectivity index (χ0n) is 34.1. The topological polar surface area (TPSA) is 95.7 Å². The van der Waals surface area contributed by atoms with E-state index >= 15 is 0 Å². The van der Waals surface area contributed by atoms with Crippen LogP contribution in [0.3, 0.4) is 0 Å². The number of amides is 1. The molecule has 10 heteroatoms. The van der Waals surface area contributed by atoms with E-state index in [1.54, 1.807) is 11.3 Å². The first-order valence-electron chi connectivity index (χ1n) is 19.4. The lowest BCUT2D eigenvalue weighted by Crippen LogP contribution is -2.69. The Balaban J connectivity index is 0.000000193. The lowest BCUT2D eigenvalue weighted by atomic mass is 9.72. The van der Waals surface area contributed by atoms with E-state index in [4.69, 9.17) is 15.3 Å². The molecule has 10 rings (SSSR count). The number of halogens is 1. The van der Waals surface area contributed by atoms with E-state index in [1.165, 1.54) is 83.2 Å². The Morgan fingerprint density at radius 1 is 0.759 bits per heavy atom. The minimum absolute atomic E-state index is 0. The van der Waals surface area contributed by atoms with Crippen molar-refractivity contribution in [1.82, 2.24) is 15.1 Å². The van der Waals surface area contributed by atoms with Crippen LogP contribution < -0.4 is 11.1 Å². The molecule has 296 valence electrons. The van der Waals surface area contributed by atoms with Crippen LogP contribution in [0.5, 0.6) is 0 Å². The Bertz CT molecular complexity index is 1890. The van der Waals surface area contributed by atoms with Crippen molar-refractivity contribution in [3.05, 3.63) is 69.9 Å². The molecule has 1 amide bonds. The van der Waals surface area contributed by atoms with Crippen LogP contribution in [0.15, 0.2) is 53.9 Å². The van der Waals surface area contributed by atoms with Gasteiger partial charge in [0, 0.05) is 32.6 Å². The van der Waals surface area contributed by atoms with Gasteiger partial charge in [-0.15, -0.1) is 35.1 Å². The number of carbonyl (C=O) groups is 1. The van der Waals surface area contributed by atoms with Crippen molar-refractivity contribution in [2.45, 2.75) is 129 Å². The van der Waals surface area contributed by atoms with Gasteiger partial charge in [-0.2, -0.15) is 9.59 Å². The third kappa shape index (κ3) is 9.32. The van der Waals surface area contributed by atoms with Crippen LogP contribution in [0.25, 0.3) is 20.2 Å². The molecule has 6 saturated heterocycles. The van der Waals surface area contributed by atoms with Gasteiger partial charge in [0.2, 0.25) is 0 Å². The number of hydrogen-bond donors (Lipinski definition) is 2. The Morgan fingerprint density at radius 2 is 1.24 bits per heavy atom.